The van der Waals surface area contributed by atoms with Gasteiger partial charge in [-0.25, -0.2) is 8.42 Å². The summed E-state index contributed by atoms with van der Waals surface area (Å²) in [4.78, 5) is 0.286. The summed E-state index contributed by atoms with van der Waals surface area (Å²) in [5, 5.41) is 9.29. The fraction of sp³-hybridized carbons (Fsp3) is 0.600. The van der Waals surface area contributed by atoms with E-state index in [1.807, 2.05) is 6.92 Å². The van der Waals surface area contributed by atoms with E-state index in [0.29, 0.717) is 30.5 Å². The van der Waals surface area contributed by atoms with Crippen LogP contribution >= 0.6 is 0 Å². The molecule has 20 heavy (non-hydrogen) atoms. The third-order valence-corrected chi connectivity index (χ3v) is 5.79. The van der Waals surface area contributed by atoms with Crippen LogP contribution in [-0.2, 0) is 16.6 Å². The molecule has 112 valence electrons. The van der Waals surface area contributed by atoms with E-state index in [1.54, 1.807) is 22.5 Å². The molecule has 1 aromatic rings. The van der Waals surface area contributed by atoms with Crippen LogP contribution in [0, 0.1) is 18.8 Å². The molecule has 1 fully saturated rings. The Kier molecular flexibility index (Phi) is 4.52. The highest BCUT2D eigenvalue weighted by molar-refractivity contribution is 7.89. The molecule has 0 aromatic heterocycles. The van der Waals surface area contributed by atoms with E-state index >= 15 is 0 Å². The molecule has 1 aliphatic rings. The van der Waals surface area contributed by atoms with Crippen LogP contribution < -0.4 is 0 Å². The first kappa shape index (κ1) is 15.5. The molecular weight excluding hydrogens is 274 g/mol. The summed E-state index contributed by atoms with van der Waals surface area (Å²) < 4.78 is 27.0. The minimum atomic E-state index is -3.45. The Hall–Kier alpha value is -0.910. The highest BCUT2D eigenvalue weighted by atomic mass is 32.2. The van der Waals surface area contributed by atoms with E-state index in [9.17, 15) is 13.5 Å². The van der Waals surface area contributed by atoms with E-state index < -0.39 is 10.0 Å². The molecule has 0 aliphatic carbocycles. The highest BCUT2D eigenvalue weighted by Gasteiger charge is 2.31. The van der Waals surface area contributed by atoms with Crippen molar-refractivity contribution in [3.05, 3.63) is 29.3 Å². The van der Waals surface area contributed by atoms with E-state index in [2.05, 4.69) is 13.8 Å². The number of nitrogens with zero attached hydrogens (tertiary/aromatic N) is 1. The molecular formula is C15H23NO3S. The number of rotatable bonds is 3. The number of aryl methyl sites for hydroxylation is 1. The molecule has 1 N–H and O–H groups in total. The largest absolute Gasteiger partial charge is 0.392 e. The van der Waals surface area contributed by atoms with Crippen molar-refractivity contribution in [3.63, 3.8) is 0 Å². The van der Waals surface area contributed by atoms with Crippen LogP contribution in [0.5, 0.6) is 0 Å². The average molecular weight is 297 g/mol. The lowest BCUT2D eigenvalue weighted by Crippen LogP contribution is -2.42. The number of piperidine rings is 1. The Labute approximate surface area is 121 Å². The van der Waals surface area contributed by atoms with Gasteiger partial charge in [-0.2, -0.15) is 4.31 Å². The minimum Gasteiger partial charge on any atom is -0.392 e. The number of benzene rings is 1. The molecule has 0 bridgehead atoms. The average Bonchev–Trinajstić information content (AvgIpc) is 2.37. The molecule has 2 unspecified atom stereocenters. The Balaban J connectivity index is 2.34. The maximum Gasteiger partial charge on any atom is 0.243 e. The van der Waals surface area contributed by atoms with Gasteiger partial charge in [0.05, 0.1) is 11.5 Å². The molecule has 0 radical (unpaired) electrons. The van der Waals surface area contributed by atoms with Crippen molar-refractivity contribution in [2.24, 2.45) is 11.8 Å². The van der Waals surface area contributed by atoms with E-state index in [0.717, 1.165) is 12.0 Å². The molecule has 1 saturated heterocycles. The van der Waals surface area contributed by atoms with Crippen molar-refractivity contribution < 1.29 is 13.5 Å². The molecule has 1 aliphatic heterocycles. The SMILES string of the molecule is Cc1ccc(S(=O)(=O)N2CC(C)CC(C)C2)cc1CO. The first-order valence-corrected chi connectivity index (χ1v) is 8.49. The second-order valence-electron chi connectivity index (χ2n) is 6.01. The monoisotopic (exact) mass is 297 g/mol. The maximum atomic E-state index is 12.7. The topological polar surface area (TPSA) is 57.6 Å². The summed E-state index contributed by atoms with van der Waals surface area (Å²) in [6, 6.07) is 4.98. The van der Waals surface area contributed by atoms with Crippen molar-refractivity contribution in [1.29, 1.82) is 0 Å². The molecule has 4 nitrogen and oxygen atoms in total. The van der Waals surface area contributed by atoms with Crippen LogP contribution in [0.2, 0.25) is 0 Å². The first-order chi connectivity index (χ1) is 9.34. The standard InChI is InChI=1S/C15H23NO3S/c1-11-6-12(2)9-16(8-11)20(18,19)15-5-4-13(3)14(7-15)10-17/h4-5,7,11-12,17H,6,8-10H2,1-3H3. The van der Waals surface area contributed by atoms with E-state index in [1.165, 1.54) is 0 Å². The zero-order chi connectivity index (χ0) is 14.9. The maximum absolute atomic E-state index is 12.7. The summed E-state index contributed by atoms with van der Waals surface area (Å²) in [7, 11) is -3.45. The first-order valence-electron chi connectivity index (χ1n) is 7.05. The second kappa shape index (κ2) is 5.84. The lowest BCUT2D eigenvalue weighted by molar-refractivity contribution is 0.222. The third-order valence-electron chi connectivity index (χ3n) is 3.96. The van der Waals surface area contributed by atoms with Gasteiger partial charge in [0.2, 0.25) is 10.0 Å². The Morgan fingerprint density at radius 1 is 1.25 bits per heavy atom. The molecule has 2 rings (SSSR count). The molecule has 0 amide bonds. The Bertz CT molecular complexity index is 573. The van der Waals surface area contributed by atoms with Crippen molar-refractivity contribution in [2.45, 2.75) is 38.7 Å². The van der Waals surface area contributed by atoms with Gasteiger partial charge in [-0.15, -0.1) is 0 Å². The molecule has 1 heterocycles. The lowest BCUT2D eigenvalue weighted by Gasteiger charge is -2.34. The summed E-state index contributed by atoms with van der Waals surface area (Å²) in [5.74, 6) is 0.771. The van der Waals surface area contributed by atoms with Gasteiger partial charge in [-0.3, -0.25) is 0 Å². The molecule has 2 atom stereocenters. The summed E-state index contributed by atoms with van der Waals surface area (Å²) in [6.07, 6.45) is 1.07. The van der Waals surface area contributed by atoms with E-state index in [-0.39, 0.29) is 11.5 Å². The Morgan fingerprint density at radius 2 is 1.85 bits per heavy atom. The van der Waals surface area contributed by atoms with Crippen LogP contribution in [0.3, 0.4) is 0 Å². The van der Waals surface area contributed by atoms with Crippen molar-refractivity contribution in [1.82, 2.24) is 4.31 Å². The van der Waals surface area contributed by atoms with Gasteiger partial charge in [0.1, 0.15) is 0 Å². The normalized spacial score (nSPS) is 24.8. The lowest BCUT2D eigenvalue weighted by atomic mass is 9.94. The fourth-order valence-corrected chi connectivity index (χ4v) is 4.66. The van der Waals surface area contributed by atoms with Gasteiger partial charge in [-0.05, 0) is 48.4 Å². The van der Waals surface area contributed by atoms with Gasteiger partial charge in [0.15, 0.2) is 0 Å². The van der Waals surface area contributed by atoms with Crippen LogP contribution in [-0.4, -0.2) is 30.9 Å². The smallest absolute Gasteiger partial charge is 0.243 e. The minimum absolute atomic E-state index is 0.137. The summed E-state index contributed by atoms with van der Waals surface area (Å²) in [6.45, 7) is 7.07. The van der Waals surface area contributed by atoms with Gasteiger partial charge in [0, 0.05) is 13.1 Å². The Morgan fingerprint density at radius 3 is 2.40 bits per heavy atom. The van der Waals surface area contributed by atoms with Gasteiger partial charge in [-0.1, -0.05) is 19.9 Å². The predicted molar refractivity (Wildman–Crippen MR) is 78.8 cm³/mol. The second-order valence-corrected chi connectivity index (χ2v) is 7.95. The quantitative estimate of drug-likeness (QED) is 0.930. The number of hydrogen-bond donors (Lipinski definition) is 1. The number of sulfonamides is 1. The van der Waals surface area contributed by atoms with Crippen LogP contribution in [0.25, 0.3) is 0 Å². The predicted octanol–water partition coefficient (Wildman–Crippen LogP) is 2.15. The van der Waals surface area contributed by atoms with Crippen molar-refractivity contribution in [2.75, 3.05) is 13.1 Å². The zero-order valence-electron chi connectivity index (χ0n) is 12.3. The van der Waals surface area contributed by atoms with Crippen molar-refractivity contribution in [3.8, 4) is 0 Å². The zero-order valence-corrected chi connectivity index (χ0v) is 13.2. The number of hydrogen-bond acceptors (Lipinski definition) is 3. The van der Waals surface area contributed by atoms with E-state index in [4.69, 9.17) is 0 Å². The highest BCUT2D eigenvalue weighted by Crippen LogP contribution is 2.27. The number of aliphatic hydroxyl groups excluding tert-OH is 1. The molecule has 0 spiro atoms. The molecule has 1 aromatic carbocycles. The number of aliphatic hydroxyl groups is 1. The molecule has 0 saturated carbocycles. The summed E-state index contributed by atoms with van der Waals surface area (Å²) in [5.41, 5.74) is 1.58. The summed E-state index contributed by atoms with van der Waals surface area (Å²) >= 11 is 0. The molecule has 5 heteroatoms. The van der Waals surface area contributed by atoms with Crippen LogP contribution in [0.1, 0.15) is 31.4 Å². The van der Waals surface area contributed by atoms with Crippen LogP contribution in [0.4, 0.5) is 0 Å². The van der Waals surface area contributed by atoms with Gasteiger partial charge in [0.25, 0.3) is 0 Å². The third kappa shape index (κ3) is 3.05. The fourth-order valence-electron chi connectivity index (χ4n) is 2.93. The van der Waals surface area contributed by atoms with Gasteiger partial charge < -0.3 is 5.11 Å². The van der Waals surface area contributed by atoms with Crippen LogP contribution in [0.15, 0.2) is 23.1 Å². The van der Waals surface area contributed by atoms with Gasteiger partial charge >= 0.3 is 0 Å². The van der Waals surface area contributed by atoms with Crippen molar-refractivity contribution >= 4 is 10.0 Å².